The minimum Gasteiger partial charge on any atom is -0.426 e. The highest BCUT2D eigenvalue weighted by Crippen LogP contribution is 2.29. The minimum absolute atomic E-state index is 0.204. The number of rotatable bonds is 2. The Kier molecular flexibility index (Phi) is 5.15. The number of nitrogens with zero attached hydrogens (tertiary/aromatic N) is 2. The van der Waals surface area contributed by atoms with Crippen molar-refractivity contribution in [2.24, 2.45) is 0 Å². The van der Waals surface area contributed by atoms with E-state index in [1.807, 2.05) is 17.9 Å². The van der Waals surface area contributed by atoms with Crippen molar-refractivity contribution in [3.05, 3.63) is 53.3 Å². The molecule has 1 saturated heterocycles. The lowest BCUT2D eigenvalue weighted by atomic mass is 10.1. The van der Waals surface area contributed by atoms with Gasteiger partial charge in [0.2, 0.25) is 0 Å². The first-order valence-corrected chi connectivity index (χ1v) is 9.78. The van der Waals surface area contributed by atoms with Gasteiger partial charge >= 0.3 is 17.8 Å². The van der Waals surface area contributed by atoms with E-state index in [-0.39, 0.29) is 24.2 Å². The molecule has 2 aromatic carbocycles. The molecule has 2 aromatic rings. The van der Waals surface area contributed by atoms with E-state index in [1.54, 1.807) is 31.2 Å². The summed E-state index contributed by atoms with van der Waals surface area (Å²) in [6.45, 7) is 4.92. The topological polar surface area (TPSA) is 79.0 Å². The fourth-order valence-corrected chi connectivity index (χ4v) is 3.77. The van der Waals surface area contributed by atoms with Gasteiger partial charge in [-0.15, -0.1) is 0 Å². The average molecular weight is 411 g/mol. The highest BCUT2D eigenvalue weighted by molar-refractivity contribution is 6.39. The molecule has 0 radical (unpaired) electrons. The molecule has 30 heavy (non-hydrogen) atoms. The molecule has 1 fully saturated rings. The molecule has 0 aromatic heterocycles. The number of carbonyl (C=O) groups excluding carboxylic acids is 3. The third kappa shape index (κ3) is 3.85. The molecule has 0 saturated carbocycles. The first-order valence-electron chi connectivity index (χ1n) is 9.78. The van der Waals surface area contributed by atoms with E-state index in [2.05, 4.69) is 5.32 Å². The number of carbonyl (C=O) groups is 3. The zero-order chi connectivity index (χ0) is 21.4. The molecule has 7 nitrogen and oxygen atoms in total. The Morgan fingerprint density at radius 1 is 1.17 bits per heavy atom. The predicted octanol–water partition coefficient (Wildman–Crippen LogP) is 2.27. The van der Waals surface area contributed by atoms with E-state index in [0.717, 1.165) is 11.3 Å². The normalized spacial score (nSPS) is 18.1. The molecule has 0 unspecified atom stereocenters. The predicted molar refractivity (Wildman–Crippen MR) is 109 cm³/mol. The van der Waals surface area contributed by atoms with E-state index in [9.17, 15) is 18.8 Å². The van der Waals surface area contributed by atoms with Crippen LogP contribution in [0.25, 0.3) is 0 Å². The van der Waals surface area contributed by atoms with Crippen LogP contribution in [-0.2, 0) is 20.8 Å². The van der Waals surface area contributed by atoms with Crippen LogP contribution < -0.4 is 15.0 Å². The van der Waals surface area contributed by atoms with Crippen molar-refractivity contribution < 1.29 is 23.5 Å². The van der Waals surface area contributed by atoms with Crippen LogP contribution in [0.2, 0.25) is 0 Å². The summed E-state index contributed by atoms with van der Waals surface area (Å²) >= 11 is 0. The van der Waals surface area contributed by atoms with Crippen LogP contribution in [0.4, 0.5) is 15.8 Å². The van der Waals surface area contributed by atoms with Gasteiger partial charge in [-0.25, -0.2) is 4.39 Å². The van der Waals surface area contributed by atoms with Gasteiger partial charge in [0.25, 0.3) is 0 Å². The van der Waals surface area contributed by atoms with Crippen molar-refractivity contribution in [2.45, 2.75) is 26.3 Å². The summed E-state index contributed by atoms with van der Waals surface area (Å²) in [6.07, 6.45) is 0.204. The minimum atomic E-state index is -0.749. The molecule has 0 aliphatic carbocycles. The molecular formula is C22H22FN3O4. The van der Waals surface area contributed by atoms with Crippen LogP contribution in [0.1, 0.15) is 18.1 Å². The quantitative estimate of drug-likeness (QED) is 0.466. The highest BCUT2D eigenvalue weighted by atomic mass is 19.1. The van der Waals surface area contributed by atoms with Crippen LogP contribution in [-0.4, -0.2) is 48.4 Å². The zero-order valence-electron chi connectivity index (χ0n) is 16.8. The number of nitrogens with one attached hydrogen (secondary N) is 1. The number of ether oxygens (including phenoxy) is 1. The van der Waals surface area contributed by atoms with Gasteiger partial charge in [-0.05, 0) is 37.6 Å². The van der Waals surface area contributed by atoms with E-state index in [4.69, 9.17) is 4.74 Å². The fourth-order valence-electron chi connectivity index (χ4n) is 3.77. The molecule has 2 aliphatic rings. The van der Waals surface area contributed by atoms with Gasteiger partial charge in [0.05, 0.1) is 6.42 Å². The number of hydrogen-bond donors (Lipinski definition) is 1. The van der Waals surface area contributed by atoms with Crippen molar-refractivity contribution in [3.8, 4) is 5.75 Å². The summed E-state index contributed by atoms with van der Waals surface area (Å²) in [7, 11) is 0. The van der Waals surface area contributed by atoms with E-state index < -0.39 is 11.8 Å². The largest absolute Gasteiger partial charge is 0.426 e. The molecule has 2 amide bonds. The lowest BCUT2D eigenvalue weighted by molar-refractivity contribution is -0.144. The SMILES string of the molecule is Cc1ccc(N2CCN(C(=O)C(=O)Nc3ccc4c(c3)OC(=O)C4)[C@H](C)C2)cc1F. The van der Waals surface area contributed by atoms with Crippen molar-refractivity contribution >= 4 is 29.2 Å². The summed E-state index contributed by atoms with van der Waals surface area (Å²) in [6, 6.07) is 9.74. The van der Waals surface area contributed by atoms with E-state index >= 15 is 0 Å². The number of fused-ring (bicyclic) bond motifs is 1. The number of anilines is 2. The van der Waals surface area contributed by atoms with Crippen LogP contribution in [0.15, 0.2) is 36.4 Å². The summed E-state index contributed by atoms with van der Waals surface area (Å²) in [4.78, 5) is 40.0. The fraction of sp³-hybridized carbons (Fsp3) is 0.318. The summed E-state index contributed by atoms with van der Waals surface area (Å²) in [5.74, 6) is -1.59. The third-order valence-electron chi connectivity index (χ3n) is 5.49. The van der Waals surface area contributed by atoms with Crippen LogP contribution in [0.3, 0.4) is 0 Å². The molecule has 4 rings (SSSR count). The number of amides is 2. The van der Waals surface area contributed by atoms with E-state index in [0.29, 0.717) is 36.6 Å². The van der Waals surface area contributed by atoms with Gasteiger partial charge in [-0.2, -0.15) is 0 Å². The molecule has 2 heterocycles. The Morgan fingerprint density at radius 2 is 1.97 bits per heavy atom. The van der Waals surface area contributed by atoms with Gasteiger partial charge in [0, 0.05) is 48.7 Å². The maximum atomic E-state index is 13.9. The third-order valence-corrected chi connectivity index (χ3v) is 5.49. The Bertz CT molecular complexity index is 1040. The Morgan fingerprint density at radius 3 is 2.70 bits per heavy atom. The summed E-state index contributed by atoms with van der Waals surface area (Å²) in [5.41, 5.74) is 2.48. The lowest BCUT2D eigenvalue weighted by Gasteiger charge is -2.40. The maximum absolute atomic E-state index is 13.9. The highest BCUT2D eigenvalue weighted by Gasteiger charge is 2.31. The van der Waals surface area contributed by atoms with Gasteiger partial charge < -0.3 is 19.9 Å². The second kappa shape index (κ2) is 7.78. The van der Waals surface area contributed by atoms with Gasteiger partial charge in [-0.3, -0.25) is 14.4 Å². The molecular weight excluding hydrogens is 389 g/mol. The first kappa shape index (κ1) is 19.9. The number of benzene rings is 2. The lowest BCUT2D eigenvalue weighted by Crippen LogP contribution is -2.56. The molecule has 156 valence electrons. The Labute approximate surface area is 173 Å². The Hall–Kier alpha value is -3.42. The first-order chi connectivity index (χ1) is 14.3. The average Bonchev–Trinajstić information content (AvgIpc) is 3.08. The van der Waals surface area contributed by atoms with Gasteiger partial charge in [0.1, 0.15) is 11.6 Å². The number of piperazine rings is 1. The molecule has 8 heteroatoms. The smallest absolute Gasteiger partial charge is 0.315 e. The molecule has 0 spiro atoms. The Balaban J connectivity index is 1.39. The van der Waals surface area contributed by atoms with Crippen LogP contribution in [0, 0.1) is 12.7 Å². The van der Waals surface area contributed by atoms with Crippen molar-refractivity contribution in [3.63, 3.8) is 0 Å². The monoisotopic (exact) mass is 411 g/mol. The van der Waals surface area contributed by atoms with E-state index in [1.165, 1.54) is 11.0 Å². The number of hydrogen-bond acceptors (Lipinski definition) is 5. The van der Waals surface area contributed by atoms with Crippen molar-refractivity contribution in [1.82, 2.24) is 4.90 Å². The molecule has 0 bridgehead atoms. The standard InChI is InChI=1S/C22H22FN3O4/c1-13-3-6-17(11-18(13)23)25-7-8-26(14(2)12-25)22(29)21(28)24-16-5-4-15-9-20(27)30-19(15)10-16/h3-6,10-11,14H,7-9,12H2,1-2H3,(H,24,28)/t14-/m1/s1. The number of aryl methyl sites for hydroxylation is 1. The second-order valence-corrected chi connectivity index (χ2v) is 7.65. The van der Waals surface area contributed by atoms with Gasteiger partial charge in [0.15, 0.2) is 0 Å². The maximum Gasteiger partial charge on any atom is 0.315 e. The van der Waals surface area contributed by atoms with Crippen LogP contribution in [0.5, 0.6) is 5.75 Å². The molecule has 1 N–H and O–H groups in total. The number of esters is 1. The number of halogens is 1. The molecule has 2 aliphatic heterocycles. The zero-order valence-corrected chi connectivity index (χ0v) is 16.8. The van der Waals surface area contributed by atoms with Crippen molar-refractivity contribution in [1.29, 1.82) is 0 Å². The van der Waals surface area contributed by atoms with Gasteiger partial charge in [-0.1, -0.05) is 12.1 Å². The summed E-state index contributed by atoms with van der Waals surface area (Å²) < 4.78 is 19.0. The summed E-state index contributed by atoms with van der Waals surface area (Å²) in [5, 5.41) is 2.58. The molecule has 1 atom stereocenters. The van der Waals surface area contributed by atoms with Crippen LogP contribution >= 0.6 is 0 Å². The second-order valence-electron chi connectivity index (χ2n) is 7.65. The van der Waals surface area contributed by atoms with Crippen molar-refractivity contribution in [2.75, 3.05) is 29.9 Å².